The lowest BCUT2D eigenvalue weighted by Gasteiger charge is -2.15. The Morgan fingerprint density at radius 1 is 1.44 bits per heavy atom. The van der Waals surface area contributed by atoms with Gasteiger partial charge in [0.1, 0.15) is 12.4 Å². The average molecular weight is 269 g/mol. The third-order valence-corrected chi connectivity index (χ3v) is 3.06. The van der Waals surface area contributed by atoms with E-state index < -0.39 is 0 Å². The number of hydrogen-bond acceptors (Lipinski definition) is 4. The van der Waals surface area contributed by atoms with E-state index >= 15 is 0 Å². The molecule has 1 fully saturated rings. The molecule has 0 aromatic carbocycles. The SMILES string of the molecule is CNc1ccc(Cl)c(CN2C(=O)CN(C)C2=O)n1. The van der Waals surface area contributed by atoms with Crippen LogP contribution in [0.25, 0.3) is 0 Å². The molecule has 3 amide bonds. The van der Waals surface area contributed by atoms with Gasteiger partial charge in [0, 0.05) is 14.1 Å². The van der Waals surface area contributed by atoms with Gasteiger partial charge in [-0.3, -0.25) is 9.69 Å². The summed E-state index contributed by atoms with van der Waals surface area (Å²) < 4.78 is 0. The Labute approximate surface area is 110 Å². The Morgan fingerprint density at radius 3 is 2.72 bits per heavy atom. The molecule has 1 N–H and O–H groups in total. The molecule has 1 aromatic rings. The number of nitrogens with one attached hydrogen (secondary N) is 1. The van der Waals surface area contributed by atoms with Crippen molar-refractivity contribution < 1.29 is 9.59 Å². The Balaban J connectivity index is 2.24. The second-order valence-electron chi connectivity index (χ2n) is 3.99. The van der Waals surface area contributed by atoms with Gasteiger partial charge in [-0.05, 0) is 12.1 Å². The van der Waals surface area contributed by atoms with Crippen molar-refractivity contribution in [1.29, 1.82) is 0 Å². The highest BCUT2D eigenvalue weighted by molar-refractivity contribution is 6.31. The molecule has 1 aliphatic rings. The monoisotopic (exact) mass is 268 g/mol. The summed E-state index contributed by atoms with van der Waals surface area (Å²) in [6.45, 7) is 0.193. The number of amides is 3. The zero-order chi connectivity index (χ0) is 13.3. The van der Waals surface area contributed by atoms with Crippen LogP contribution in [0.4, 0.5) is 10.6 Å². The van der Waals surface area contributed by atoms with E-state index in [-0.39, 0.29) is 25.0 Å². The van der Waals surface area contributed by atoms with Crippen LogP contribution in [0.3, 0.4) is 0 Å². The highest BCUT2D eigenvalue weighted by Crippen LogP contribution is 2.20. The summed E-state index contributed by atoms with van der Waals surface area (Å²) in [6.07, 6.45) is 0. The summed E-state index contributed by atoms with van der Waals surface area (Å²) >= 11 is 6.01. The summed E-state index contributed by atoms with van der Waals surface area (Å²) in [5.74, 6) is 0.400. The number of urea groups is 1. The van der Waals surface area contributed by atoms with Gasteiger partial charge in [0.05, 0.1) is 17.3 Å². The molecule has 2 heterocycles. The summed E-state index contributed by atoms with van der Waals surface area (Å²) in [5.41, 5.74) is 0.500. The number of rotatable bonds is 3. The van der Waals surface area contributed by atoms with Crippen molar-refractivity contribution in [3.63, 3.8) is 0 Å². The lowest BCUT2D eigenvalue weighted by Crippen LogP contribution is -2.31. The molecule has 0 bridgehead atoms. The topological polar surface area (TPSA) is 65.5 Å². The molecule has 96 valence electrons. The molecule has 0 saturated carbocycles. The molecule has 0 radical (unpaired) electrons. The molecule has 0 atom stereocenters. The highest BCUT2D eigenvalue weighted by atomic mass is 35.5. The predicted octanol–water partition coefficient (Wildman–Crippen LogP) is 1.17. The number of aromatic nitrogens is 1. The van der Waals surface area contributed by atoms with Crippen molar-refractivity contribution >= 4 is 29.4 Å². The molecule has 0 aliphatic carbocycles. The van der Waals surface area contributed by atoms with Crippen molar-refractivity contribution in [1.82, 2.24) is 14.8 Å². The number of nitrogens with zero attached hydrogens (tertiary/aromatic N) is 3. The normalized spacial score (nSPS) is 15.5. The predicted molar refractivity (Wildman–Crippen MR) is 67.4 cm³/mol. The van der Waals surface area contributed by atoms with Gasteiger partial charge in [0.15, 0.2) is 0 Å². The third-order valence-electron chi connectivity index (χ3n) is 2.71. The van der Waals surface area contributed by atoms with Crippen molar-refractivity contribution in [2.24, 2.45) is 0 Å². The second kappa shape index (κ2) is 4.81. The van der Waals surface area contributed by atoms with E-state index in [1.165, 1.54) is 4.90 Å². The van der Waals surface area contributed by atoms with E-state index in [4.69, 9.17) is 11.6 Å². The molecular formula is C11H13ClN4O2. The van der Waals surface area contributed by atoms with Gasteiger partial charge in [0.25, 0.3) is 5.91 Å². The molecule has 6 nitrogen and oxygen atoms in total. The number of anilines is 1. The van der Waals surface area contributed by atoms with E-state index in [1.807, 2.05) is 0 Å². The first-order valence-corrected chi connectivity index (χ1v) is 5.79. The minimum absolute atomic E-state index is 0.0936. The summed E-state index contributed by atoms with van der Waals surface area (Å²) in [5, 5.41) is 3.32. The third kappa shape index (κ3) is 2.24. The van der Waals surface area contributed by atoms with Crippen LogP contribution in [0.1, 0.15) is 5.69 Å². The van der Waals surface area contributed by atoms with Gasteiger partial charge < -0.3 is 10.2 Å². The fourth-order valence-corrected chi connectivity index (χ4v) is 1.87. The maximum Gasteiger partial charge on any atom is 0.327 e. The molecule has 18 heavy (non-hydrogen) atoms. The molecule has 7 heteroatoms. The number of carbonyl (C=O) groups excluding carboxylic acids is 2. The molecular weight excluding hydrogens is 256 g/mol. The Kier molecular flexibility index (Phi) is 3.38. The summed E-state index contributed by atoms with van der Waals surface area (Å²) in [4.78, 5) is 30.1. The number of halogens is 1. The molecule has 1 saturated heterocycles. The van der Waals surface area contributed by atoms with Crippen LogP contribution in [-0.4, -0.2) is 47.4 Å². The fourth-order valence-electron chi connectivity index (χ4n) is 1.71. The lowest BCUT2D eigenvalue weighted by molar-refractivity contribution is -0.125. The van der Waals surface area contributed by atoms with Gasteiger partial charge >= 0.3 is 6.03 Å². The highest BCUT2D eigenvalue weighted by Gasteiger charge is 2.34. The number of carbonyl (C=O) groups is 2. The van der Waals surface area contributed by atoms with Gasteiger partial charge in [-0.15, -0.1) is 0 Å². The Bertz CT molecular complexity index is 506. The van der Waals surface area contributed by atoms with Crippen LogP contribution in [-0.2, 0) is 11.3 Å². The number of likely N-dealkylation sites (N-methyl/N-ethyl adjacent to an activating group) is 1. The minimum Gasteiger partial charge on any atom is -0.373 e. The van der Waals surface area contributed by atoms with Crippen LogP contribution < -0.4 is 5.32 Å². The first-order valence-electron chi connectivity index (χ1n) is 5.41. The van der Waals surface area contributed by atoms with Gasteiger partial charge in [0.2, 0.25) is 0 Å². The maximum atomic E-state index is 11.7. The van der Waals surface area contributed by atoms with Crippen molar-refractivity contribution in [2.45, 2.75) is 6.54 Å². The molecule has 1 aromatic heterocycles. The number of pyridine rings is 1. The van der Waals surface area contributed by atoms with E-state index in [2.05, 4.69) is 10.3 Å². The van der Waals surface area contributed by atoms with Crippen LogP contribution >= 0.6 is 11.6 Å². The van der Waals surface area contributed by atoms with Crippen LogP contribution in [0.2, 0.25) is 5.02 Å². The zero-order valence-corrected chi connectivity index (χ0v) is 10.9. The van der Waals surface area contributed by atoms with E-state index in [0.29, 0.717) is 16.5 Å². The first-order chi connectivity index (χ1) is 8.52. The van der Waals surface area contributed by atoms with E-state index in [1.54, 1.807) is 26.2 Å². The molecule has 2 rings (SSSR count). The van der Waals surface area contributed by atoms with Crippen molar-refractivity contribution in [3.8, 4) is 0 Å². The maximum absolute atomic E-state index is 11.7. The van der Waals surface area contributed by atoms with Crippen molar-refractivity contribution in [2.75, 3.05) is 26.0 Å². The number of hydrogen-bond donors (Lipinski definition) is 1. The standard InChI is InChI=1S/C11H13ClN4O2/c1-13-9-4-3-7(12)8(14-9)5-16-10(17)6-15(2)11(16)18/h3-4H,5-6H2,1-2H3,(H,13,14). The zero-order valence-electron chi connectivity index (χ0n) is 10.1. The van der Waals surface area contributed by atoms with Crippen LogP contribution in [0, 0.1) is 0 Å². The van der Waals surface area contributed by atoms with Gasteiger partial charge in [-0.2, -0.15) is 0 Å². The summed E-state index contributed by atoms with van der Waals surface area (Å²) in [7, 11) is 3.32. The smallest absolute Gasteiger partial charge is 0.327 e. The Hall–Kier alpha value is -1.82. The minimum atomic E-state index is -0.326. The molecule has 0 spiro atoms. The van der Waals surface area contributed by atoms with Crippen LogP contribution in [0.5, 0.6) is 0 Å². The fraction of sp³-hybridized carbons (Fsp3) is 0.364. The van der Waals surface area contributed by atoms with Gasteiger partial charge in [-0.1, -0.05) is 11.6 Å². The number of imide groups is 1. The van der Waals surface area contributed by atoms with Crippen LogP contribution in [0.15, 0.2) is 12.1 Å². The van der Waals surface area contributed by atoms with Gasteiger partial charge in [-0.25, -0.2) is 9.78 Å². The van der Waals surface area contributed by atoms with Crippen molar-refractivity contribution in [3.05, 3.63) is 22.8 Å². The van der Waals surface area contributed by atoms with E-state index in [0.717, 1.165) is 4.90 Å². The molecule has 1 aliphatic heterocycles. The molecule has 0 unspecified atom stereocenters. The summed E-state index contributed by atoms with van der Waals surface area (Å²) in [6, 6.07) is 3.09. The Morgan fingerprint density at radius 2 is 2.17 bits per heavy atom. The lowest BCUT2D eigenvalue weighted by atomic mass is 10.3. The van der Waals surface area contributed by atoms with E-state index in [9.17, 15) is 9.59 Å². The average Bonchev–Trinajstić information content (AvgIpc) is 2.58. The quantitative estimate of drug-likeness (QED) is 0.836. The first kappa shape index (κ1) is 12.6. The largest absolute Gasteiger partial charge is 0.373 e. The second-order valence-corrected chi connectivity index (χ2v) is 4.40.